The number of rotatable bonds is 8. The summed E-state index contributed by atoms with van der Waals surface area (Å²) in [4.78, 5) is 13.0. The Morgan fingerprint density at radius 2 is 0.977 bits per heavy atom. The van der Waals surface area contributed by atoms with Crippen LogP contribution in [0.25, 0.3) is 10.8 Å². The number of benzene rings is 6. The van der Waals surface area contributed by atoms with E-state index in [9.17, 15) is 13.2 Å². The summed E-state index contributed by atoms with van der Waals surface area (Å²) in [5, 5.41) is 2.10. The number of carbonyl (C=O) groups is 1. The maximum atomic E-state index is 13.3. The van der Waals surface area contributed by atoms with Crippen molar-refractivity contribution in [1.82, 2.24) is 0 Å². The van der Waals surface area contributed by atoms with E-state index >= 15 is 0 Å². The molecule has 6 aromatic rings. The van der Waals surface area contributed by atoms with E-state index in [4.69, 9.17) is 9.47 Å². The van der Waals surface area contributed by atoms with Gasteiger partial charge in [0.25, 0.3) is 0 Å². The Labute approximate surface area is 250 Å². The molecule has 0 amide bonds. The lowest BCUT2D eigenvalue weighted by atomic mass is 10.0. The van der Waals surface area contributed by atoms with Crippen LogP contribution in [0.2, 0.25) is 0 Å². The van der Waals surface area contributed by atoms with Crippen molar-refractivity contribution < 1.29 is 22.7 Å². The molecular formula is C37H28O5S. The van der Waals surface area contributed by atoms with E-state index < -0.39 is 9.84 Å². The molecule has 0 aromatic heterocycles. The fourth-order valence-corrected chi connectivity index (χ4v) is 6.11. The number of aryl methyl sites for hydroxylation is 2. The number of hydrogen-bond acceptors (Lipinski definition) is 5. The van der Waals surface area contributed by atoms with Crippen molar-refractivity contribution in [2.75, 3.05) is 0 Å². The molecule has 0 aliphatic heterocycles. The normalized spacial score (nSPS) is 11.3. The van der Waals surface area contributed by atoms with Crippen molar-refractivity contribution in [3.63, 3.8) is 0 Å². The smallest absolute Gasteiger partial charge is 0.206 e. The van der Waals surface area contributed by atoms with E-state index in [0.29, 0.717) is 34.1 Å². The SMILES string of the molecule is Cc1ccc(C(=O)c2ccc(Oc3ccc(S(=O)(=O)c4ccc(Oc5cccc6c(C)cccc56)cc4)cc3)cc2)cc1. The van der Waals surface area contributed by atoms with Crippen molar-refractivity contribution in [2.45, 2.75) is 23.6 Å². The Morgan fingerprint density at radius 1 is 0.512 bits per heavy atom. The lowest BCUT2D eigenvalue weighted by Gasteiger charge is -2.11. The molecule has 0 saturated heterocycles. The number of fused-ring (bicyclic) bond motifs is 1. The van der Waals surface area contributed by atoms with Gasteiger partial charge in [0.05, 0.1) is 9.79 Å². The Bertz CT molecular complexity index is 2030. The van der Waals surface area contributed by atoms with E-state index in [-0.39, 0.29) is 15.6 Å². The average molecular weight is 585 g/mol. The number of ether oxygens (including phenoxy) is 2. The van der Waals surface area contributed by atoms with Crippen molar-refractivity contribution in [1.29, 1.82) is 0 Å². The average Bonchev–Trinajstić information content (AvgIpc) is 3.03. The molecule has 0 spiro atoms. The molecule has 0 bridgehead atoms. The molecular weight excluding hydrogens is 556 g/mol. The summed E-state index contributed by atoms with van der Waals surface area (Å²) >= 11 is 0. The Balaban J connectivity index is 1.13. The van der Waals surface area contributed by atoms with E-state index in [1.165, 1.54) is 12.1 Å². The second-order valence-corrected chi connectivity index (χ2v) is 12.2. The maximum absolute atomic E-state index is 13.3. The minimum absolute atomic E-state index is 0.0654. The van der Waals surface area contributed by atoms with Crippen LogP contribution in [0.15, 0.2) is 143 Å². The summed E-state index contributed by atoms with van der Waals surface area (Å²) in [6, 6.07) is 38.9. The first kappa shape index (κ1) is 27.9. The zero-order valence-corrected chi connectivity index (χ0v) is 24.5. The fraction of sp³-hybridized carbons (Fsp3) is 0.0541. The van der Waals surface area contributed by atoms with Crippen LogP contribution in [0.1, 0.15) is 27.0 Å². The molecule has 0 unspecified atom stereocenters. The lowest BCUT2D eigenvalue weighted by Crippen LogP contribution is -2.02. The molecule has 0 radical (unpaired) electrons. The third-order valence-electron chi connectivity index (χ3n) is 7.26. The predicted molar refractivity (Wildman–Crippen MR) is 168 cm³/mol. The van der Waals surface area contributed by atoms with Crippen LogP contribution in [0.4, 0.5) is 0 Å². The van der Waals surface area contributed by atoms with Crippen LogP contribution in [-0.4, -0.2) is 14.2 Å². The molecule has 5 nitrogen and oxygen atoms in total. The van der Waals surface area contributed by atoms with Gasteiger partial charge in [-0.05, 0) is 104 Å². The summed E-state index contributed by atoms with van der Waals surface area (Å²) in [7, 11) is -3.75. The van der Waals surface area contributed by atoms with Gasteiger partial charge < -0.3 is 9.47 Å². The largest absolute Gasteiger partial charge is 0.457 e. The fourth-order valence-electron chi connectivity index (χ4n) is 4.85. The molecule has 6 heteroatoms. The molecule has 0 atom stereocenters. The van der Waals surface area contributed by atoms with Crippen LogP contribution in [0.3, 0.4) is 0 Å². The van der Waals surface area contributed by atoms with Crippen LogP contribution in [0, 0.1) is 13.8 Å². The number of ketones is 1. The highest BCUT2D eigenvalue weighted by atomic mass is 32.2. The third-order valence-corrected chi connectivity index (χ3v) is 9.05. The second kappa shape index (κ2) is 11.6. The topological polar surface area (TPSA) is 69.7 Å². The quantitative estimate of drug-likeness (QED) is 0.167. The monoisotopic (exact) mass is 584 g/mol. The summed E-state index contributed by atoms with van der Waals surface area (Å²) in [5.74, 6) is 2.20. The van der Waals surface area contributed by atoms with Gasteiger partial charge in [0.2, 0.25) is 9.84 Å². The molecule has 0 fully saturated rings. The maximum Gasteiger partial charge on any atom is 0.206 e. The van der Waals surface area contributed by atoms with Crippen molar-refractivity contribution in [2.24, 2.45) is 0 Å². The summed E-state index contributed by atoms with van der Waals surface area (Å²) in [6.45, 7) is 4.03. The number of carbonyl (C=O) groups excluding carboxylic acids is 1. The first-order valence-corrected chi connectivity index (χ1v) is 15.3. The van der Waals surface area contributed by atoms with Crippen LogP contribution in [0.5, 0.6) is 23.0 Å². The van der Waals surface area contributed by atoms with Gasteiger partial charge in [-0.15, -0.1) is 0 Å². The summed E-state index contributed by atoms with van der Waals surface area (Å²) < 4.78 is 38.6. The van der Waals surface area contributed by atoms with Crippen LogP contribution in [-0.2, 0) is 9.84 Å². The minimum Gasteiger partial charge on any atom is -0.457 e. The molecule has 0 heterocycles. The summed E-state index contributed by atoms with van der Waals surface area (Å²) in [5.41, 5.74) is 3.43. The number of hydrogen-bond donors (Lipinski definition) is 0. The highest BCUT2D eigenvalue weighted by Gasteiger charge is 2.18. The molecule has 0 N–H and O–H groups in total. The predicted octanol–water partition coefficient (Wildman–Crippen LogP) is 9.11. The molecule has 0 aliphatic rings. The van der Waals surface area contributed by atoms with Crippen LogP contribution < -0.4 is 9.47 Å². The van der Waals surface area contributed by atoms with Gasteiger partial charge in [-0.3, -0.25) is 4.79 Å². The first-order valence-electron chi connectivity index (χ1n) is 13.8. The van der Waals surface area contributed by atoms with Crippen molar-refractivity contribution in [3.8, 4) is 23.0 Å². The molecule has 43 heavy (non-hydrogen) atoms. The minimum atomic E-state index is -3.75. The standard InChI is InChI=1S/C37H28O5S/c1-25-9-11-27(12-10-25)37(38)28-13-15-29(16-14-28)41-30-17-21-32(22-18-30)43(39,40)33-23-19-31(20-24-33)42-36-8-4-6-34-26(2)5-3-7-35(34)36/h3-24H,1-2H3. The van der Waals surface area contributed by atoms with Gasteiger partial charge in [0, 0.05) is 16.5 Å². The molecule has 212 valence electrons. The second-order valence-electron chi connectivity index (χ2n) is 10.3. The third kappa shape index (κ3) is 5.92. The van der Waals surface area contributed by atoms with Gasteiger partial charge in [0.15, 0.2) is 5.78 Å². The first-order chi connectivity index (χ1) is 20.8. The van der Waals surface area contributed by atoms with Crippen molar-refractivity contribution in [3.05, 3.63) is 156 Å². The lowest BCUT2D eigenvalue weighted by molar-refractivity contribution is 0.103. The zero-order valence-electron chi connectivity index (χ0n) is 23.7. The van der Waals surface area contributed by atoms with E-state index in [1.807, 2.05) is 55.5 Å². The van der Waals surface area contributed by atoms with E-state index in [0.717, 1.165) is 21.9 Å². The molecule has 0 saturated carbocycles. The molecule has 6 aromatic carbocycles. The van der Waals surface area contributed by atoms with Gasteiger partial charge in [0.1, 0.15) is 23.0 Å². The summed E-state index contributed by atoms with van der Waals surface area (Å²) in [6.07, 6.45) is 0. The number of sulfone groups is 1. The van der Waals surface area contributed by atoms with Crippen LogP contribution >= 0.6 is 0 Å². The Hall–Kier alpha value is -5.20. The zero-order chi connectivity index (χ0) is 30.0. The van der Waals surface area contributed by atoms with E-state index in [1.54, 1.807) is 60.7 Å². The Kier molecular flexibility index (Phi) is 7.53. The highest BCUT2D eigenvalue weighted by molar-refractivity contribution is 7.91. The van der Waals surface area contributed by atoms with Gasteiger partial charge in [-0.25, -0.2) is 8.42 Å². The molecule has 0 aliphatic carbocycles. The van der Waals surface area contributed by atoms with Gasteiger partial charge in [-0.1, -0.05) is 60.2 Å². The van der Waals surface area contributed by atoms with Gasteiger partial charge >= 0.3 is 0 Å². The van der Waals surface area contributed by atoms with Gasteiger partial charge in [-0.2, -0.15) is 0 Å². The van der Waals surface area contributed by atoms with E-state index in [2.05, 4.69) is 19.1 Å². The molecule has 6 rings (SSSR count). The van der Waals surface area contributed by atoms with Crippen molar-refractivity contribution >= 4 is 26.4 Å². The Morgan fingerprint density at radius 3 is 1.56 bits per heavy atom. The highest BCUT2D eigenvalue weighted by Crippen LogP contribution is 2.33.